The van der Waals surface area contributed by atoms with Gasteiger partial charge in [-0.2, -0.15) is 0 Å². The van der Waals surface area contributed by atoms with E-state index in [1.165, 1.54) is 0 Å². The molecule has 0 aliphatic carbocycles. The fourth-order valence-electron chi connectivity index (χ4n) is 1.92. The van der Waals surface area contributed by atoms with Gasteiger partial charge in [-0.1, -0.05) is 13.3 Å². The van der Waals surface area contributed by atoms with Gasteiger partial charge in [-0.05, 0) is 32.4 Å². The minimum atomic E-state index is -0.259. The average molecular weight is 199 g/mol. The molecule has 0 bridgehead atoms. The number of nitrogens with two attached hydrogens (primary N) is 1. The highest BCUT2D eigenvalue weighted by atomic mass is 16.2. The molecule has 1 heterocycles. The van der Waals surface area contributed by atoms with E-state index in [9.17, 15) is 4.79 Å². The van der Waals surface area contributed by atoms with Gasteiger partial charge in [0.2, 0.25) is 0 Å². The number of hydrogen-bond donors (Lipinski definition) is 2. The number of hydrogen-bond acceptors (Lipinski definition) is 2. The van der Waals surface area contributed by atoms with Crippen molar-refractivity contribution in [3.63, 3.8) is 0 Å². The van der Waals surface area contributed by atoms with Crippen molar-refractivity contribution in [2.24, 2.45) is 5.73 Å². The van der Waals surface area contributed by atoms with Gasteiger partial charge in [-0.15, -0.1) is 0 Å². The summed E-state index contributed by atoms with van der Waals surface area (Å²) in [5.41, 5.74) is 5.37. The molecule has 0 unspecified atom stereocenters. The van der Waals surface area contributed by atoms with Crippen LogP contribution in [0.25, 0.3) is 0 Å². The maximum Gasteiger partial charge on any atom is 0.315 e. The number of rotatable bonds is 4. The van der Waals surface area contributed by atoms with E-state index in [1.807, 2.05) is 4.90 Å². The Kier molecular flexibility index (Phi) is 4.73. The maximum absolute atomic E-state index is 11.2. The Labute approximate surface area is 85.8 Å². The molecule has 0 aromatic carbocycles. The molecule has 4 nitrogen and oxygen atoms in total. The van der Waals surface area contributed by atoms with Crippen molar-refractivity contribution in [3.05, 3.63) is 0 Å². The van der Waals surface area contributed by atoms with Crippen LogP contribution in [0.5, 0.6) is 0 Å². The summed E-state index contributed by atoms with van der Waals surface area (Å²) in [6, 6.07) is 0.102. The summed E-state index contributed by atoms with van der Waals surface area (Å²) in [6.07, 6.45) is 4.22. The molecule has 1 aliphatic heterocycles. The second-order valence-corrected chi connectivity index (χ2v) is 3.87. The van der Waals surface area contributed by atoms with Crippen molar-refractivity contribution in [1.29, 1.82) is 0 Å². The highest BCUT2D eigenvalue weighted by Gasteiger charge is 2.22. The fourth-order valence-corrected chi connectivity index (χ4v) is 1.92. The average Bonchev–Trinajstić information content (AvgIpc) is 2.19. The zero-order valence-corrected chi connectivity index (χ0v) is 8.96. The number of urea groups is 1. The van der Waals surface area contributed by atoms with Crippen LogP contribution in [0, 0.1) is 0 Å². The first kappa shape index (κ1) is 11.3. The van der Waals surface area contributed by atoms with E-state index in [0.717, 1.165) is 45.3 Å². The van der Waals surface area contributed by atoms with Gasteiger partial charge in [0.05, 0.1) is 0 Å². The lowest BCUT2D eigenvalue weighted by Crippen LogP contribution is -2.48. The Hall–Kier alpha value is -0.770. The monoisotopic (exact) mass is 199 g/mol. The number of amides is 2. The lowest BCUT2D eigenvalue weighted by molar-refractivity contribution is 0.166. The van der Waals surface area contributed by atoms with Gasteiger partial charge in [0.25, 0.3) is 0 Å². The quantitative estimate of drug-likeness (QED) is 0.707. The van der Waals surface area contributed by atoms with Gasteiger partial charge in [-0.3, -0.25) is 0 Å². The molecule has 4 heteroatoms. The summed E-state index contributed by atoms with van der Waals surface area (Å²) in [7, 11) is 0. The number of unbranched alkanes of at least 4 members (excludes halogenated alkanes) is 1. The third kappa shape index (κ3) is 3.18. The van der Waals surface area contributed by atoms with E-state index in [-0.39, 0.29) is 6.03 Å². The van der Waals surface area contributed by atoms with E-state index in [1.54, 1.807) is 0 Å². The minimum Gasteiger partial charge on any atom is -0.351 e. The molecule has 1 saturated heterocycles. The first-order valence-corrected chi connectivity index (χ1v) is 5.52. The molecule has 0 spiro atoms. The Morgan fingerprint density at radius 3 is 2.64 bits per heavy atom. The van der Waals surface area contributed by atoms with Gasteiger partial charge >= 0.3 is 6.03 Å². The Morgan fingerprint density at radius 2 is 2.14 bits per heavy atom. The summed E-state index contributed by atoms with van der Waals surface area (Å²) in [5, 5.41) is 3.29. The van der Waals surface area contributed by atoms with E-state index in [4.69, 9.17) is 5.73 Å². The molecule has 3 N–H and O–H groups in total. The van der Waals surface area contributed by atoms with Crippen LogP contribution >= 0.6 is 0 Å². The highest BCUT2D eigenvalue weighted by Crippen LogP contribution is 2.12. The summed E-state index contributed by atoms with van der Waals surface area (Å²) in [6.45, 7) is 4.94. The Bertz CT molecular complexity index is 178. The topological polar surface area (TPSA) is 58.4 Å². The van der Waals surface area contributed by atoms with Gasteiger partial charge in [0.15, 0.2) is 0 Å². The molecule has 1 fully saturated rings. The van der Waals surface area contributed by atoms with Crippen molar-refractivity contribution in [1.82, 2.24) is 10.2 Å². The van der Waals surface area contributed by atoms with E-state index < -0.39 is 0 Å². The number of carbonyl (C=O) groups excluding carboxylic acids is 1. The highest BCUT2D eigenvalue weighted by molar-refractivity contribution is 5.72. The second kappa shape index (κ2) is 5.86. The molecule has 0 radical (unpaired) electrons. The largest absolute Gasteiger partial charge is 0.351 e. The van der Waals surface area contributed by atoms with Crippen LogP contribution in [0.15, 0.2) is 0 Å². The number of primary amides is 1. The first-order chi connectivity index (χ1) is 6.75. The molecule has 0 aromatic heterocycles. The van der Waals surface area contributed by atoms with Gasteiger partial charge in [0.1, 0.15) is 0 Å². The standard InChI is InChI=1S/C10H21N3O/c1-2-3-8-13(10(11)14)9-4-6-12-7-5-9/h9,12H,2-8H2,1H3,(H2,11,14). The van der Waals surface area contributed by atoms with Crippen LogP contribution < -0.4 is 11.1 Å². The van der Waals surface area contributed by atoms with Crippen LogP contribution in [-0.4, -0.2) is 36.6 Å². The zero-order chi connectivity index (χ0) is 10.4. The van der Waals surface area contributed by atoms with Crippen LogP contribution in [0.1, 0.15) is 32.6 Å². The normalized spacial score (nSPS) is 18.1. The Morgan fingerprint density at radius 1 is 1.50 bits per heavy atom. The van der Waals surface area contributed by atoms with E-state index in [0.29, 0.717) is 6.04 Å². The van der Waals surface area contributed by atoms with Gasteiger partial charge in [0, 0.05) is 12.6 Å². The maximum atomic E-state index is 11.2. The molecule has 1 rings (SSSR count). The van der Waals surface area contributed by atoms with Gasteiger partial charge in [-0.25, -0.2) is 4.79 Å². The summed E-state index contributed by atoms with van der Waals surface area (Å²) in [4.78, 5) is 13.1. The molecule has 1 aliphatic rings. The Balaban J connectivity index is 2.43. The number of piperidine rings is 1. The third-order valence-corrected chi connectivity index (χ3v) is 2.79. The fraction of sp³-hybridized carbons (Fsp3) is 0.900. The molecule has 82 valence electrons. The molecule has 2 amide bonds. The predicted molar refractivity (Wildman–Crippen MR) is 57.1 cm³/mol. The van der Waals surface area contributed by atoms with Crippen LogP contribution in [-0.2, 0) is 0 Å². The van der Waals surface area contributed by atoms with Crippen molar-refractivity contribution in [2.45, 2.75) is 38.6 Å². The van der Waals surface area contributed by atoms with Crippen molar-refractivity contribution < 1.29 is 4.79 Å². The van der Waals surface area contributed by atoms with Crippen LogP contribution in [0.3, 0.4) is 0 Å². The smallest absolute Gasteiger partial charge is 0.315 e. The van der Waals surface area contributed by atoms with Crippen molar-refractivity contribution >= 4 is 6.03 Å². The second-order valence-electron chi connectivity index (χ2n) is 3.87. The molecule has 0 atom stereocenters. The number of nitrogens with one attached hydrogen (secondary N) is 1. The first-order valence-electron chi connectivity index (χ1n) is 5.52. The molecular formula is C10H21N3O. The van der Waals surface area contributed by atoms with E-state index >= 15 is 0 Å². The minimum absolute atomic E-state index is 0.259. The van der Waals surface area contributed by atoms with Crippen molar-refractivity contribution in [2.75, 3.05) is 19.6 Å². The van der Waals surface area contributed by atoms with Crippen LogP contribution in [0.4, 0.5) is 4.79 Å². The van der Waals surface area contributed by atoms with Crippen molar-refractivity contribution in [3.8, 4) is 0 Å². The lowest BCUT2D eigenvalue weighted by atomic mass is 10.0. The predicted octanol–water partition coefficient (Wildman–Crippen LogP) is 0.919. The van der Waals surface area contributed by atoms with Crippen LogP contribution in [0.2, 0.25) is 0 Å². The molecule has 0 aromatic rings. The molecule has 0 saturated carbocycles. The summed E-state index contributed by atoms with van der Waals surface area (Å²) in [5.74, 6) is 0. The summed E-state index contributed by atoms with van der Waals surface area (Å²) < 4.78 is 0. The molecule has 14 heavy (non-hydrogen) atoms. The number of carbonyl (C=O) groups is 1. The van der Waals surface area contributed by atoms with E-state index in [2.05, 4.69) is 12.2 Å². The zero-order valence-electron chi connectivity index (χ0n) is 8.96. The lowest BCUT2D eigenvalue weighted by Gasteiger charge is -2.33. The SMILES string of the molecule is CCCCN(C(N)=O)C1CCNCC1. The van der Waals surface area contributed by atoms with Gasteiger partial charge < -0.3 is 16.0 Å². The molecular weight excluding hydrogens is 178 g/mol. The number of nitrogens with zero attached hydrogens (tertiary/aromatic N) is 1. The summed E-state index contributed by atoms with van der Waals surface area (Å²) >= 11 is 0. The third-order valence-electron chi connectivity index (χ3n) is 2.79.